The summed E-state index contributed by atoms with van der Waals surface area (Å²) >= 11 is 6.66. The van der Waals surface area contributed by atoms with Crippen LogP contribution in [-0.4, -0.2) is 25.6 Å². The van der Waals surface area contributed by atoms with Gasteiger partial charge >= 0.3 is 0 Å². The molecule has 2 aromatic heterocycles. The molecule has 5 nitrogen and oxygen atoms in total. The highest BCUT2D eigenvalue weighted by atomic mass is 32.2. The van der Waals surface area contributed by atoms with E-state index in [9.17, 15) is 0 Å². The van der Waals surface area contributed by atoms with E-state index in [0.29, 0.717) is 10.3 Å². The van der Waals surface area contributed by atoms with Gasteiger partial charge in [0.15, 0.2) is 10.3 Å². The van der Waals surface area contributed by atoms with Gasteiger partial charge in [0.25, 0.3) is 0 Å². The standard InChI is InChI=1S/C14H17N5S2/c1-14(2,3)19-12(20)18-10-5-6-11(17-9-10)21-13-15-7-4-8-16-13/h4-9H,1-3H3,(H2,18,19,20). The minimum Gasteiger partial charge on any atom is -0.358 e. The van der Waals surface area contributed by atoms with E-state index in [1.807, 2.05) is 12.1 Å². The van der Waals surface area contributed by atoms with Crippen LogP contribution in [-0.2, 0) is 0 Å². The van der Waals surface area contributed by atoms with E-state index in [1.54, 1.807) is 24.7 Å². The van der Waals surface area contributed by atoms with Crippen LogP contribution in [0, 0.1) is 0 Å². The first-order valence-corrected chi connectivity index (χ1v) is 7.65. The van der Waals surface area contributed by atoms with E-state index in [4.69, 9.17) is 12.2 Å². The molecule has 0 aromatic carbocycles. The molecule has 0 amide bonds. The van der Waals surface area contributed by atoms with E-state index >= 15 is 0 Å². The summed E-state index contributed by atoms with van der Waals surface area (Å²) < 4.78 is 0. The molecule has 21 heavy (non-hydrogen) atoms. The molecule has 2 aromatic rings. The number of hydrogen-bond acceptors (Lipinski definition) is 5. The Hall–Kier alpha value is -1.73. The fraction of sp³-hybridized carbons (Fsp3) is 0.286. The number of pyridine rings is 1. The lowest BCUT2D eigenvalue weighted by atomic mass is 10.1. The Labute approximate surface area is 134 Å². The van der Waals surface area contributed by atoms with Crippen molar-refractivity contribution in [2.75, 3.05) is 5.32 Å². The maximum Gasteiger partial charge on any atom is 0.193 e. The molecule has 0 fully saturated rings. The van der Waals surface area contributed by atoms with E-state index in [0.717, 1.165) is 10.7 Å². The van der Waals surface area contributed by atoms with Gasteiger partial charge < -0.3 is 10.6 Å². The smallest absolute Gasteiger partial charge is 0.193 e. The first-order chi connectivity index (χ1) is 9.92. The average Bonchev–Trinajstić information content (AvgIpc) is 2.40. The largest absolute Gasteiger partial charge is 0.358 e. The minimum atomic E-state index is -0.0715. The van der Waals surface area contributed by atoms with E-state index in [2.05, 4.69) is 46.4 Å². The second kappa shape index (κ2) is 6.82. The molecule has 110 valence electrons. The van der Waals surface area contributed by atoms with Gasteiger partial charge in [-0.05, 0) is 63.0 Å². The number of thiocarbonyl (C=S) groups is 1. The Morgan fingerprint density at radius 1 is 1.14 bits per heavy atom. The second-order valence-electron chi connectivity index (χ2n) is 5.35. The summed E-state index contributed by atoms with van der Waals surface area (Å²) in [4.78, 5) is 12.7. The van der Waals surface area contributed by atoms with Crippen molar-refractivity contribution in [3.63, 3.8) is 0 Å². The van der Waals surface area contributed by atoms with Crippen LogP contribution in [0.1, 0.15) is 20.8 Å². The summed E-state index contributed by atoms with van der Waals surface area (Å²) in [6.45, 7) is 6.16. The molecular formula is C14H17N5S2. The molecule has 2 N–H and O–H groups in total. The average molecular weight is 319 g/mol. The van der Waals surface area contributed by atoms with Crippen molar-refractivity contribution in [2.45, 2.75) is 36.5 Å². The van der Waals surface area contributed by atoms with Crippen molar-refractivity contribution in [3.05, 3.63) is 36.8 Å². The number of hydrogen-bond donors (Lipinski definition) is 2. The third kappa shape index (κ3) is 5.65. The summed E-state index contributed by atoms with van der Waals surface area (Å²) in [5.74, 6) is 0. The van der Waals surface area contributed by atoms with Crippen LogP contribution in [0.2, 0.25) is 0 Å². The third-order valence-electron chi connectivity index (χ3n) is 2.22. The molecule has 0 saturated heterocycles. The SMILES string of the molecule is CC(C)(C)NC(=S)Nc1ccc(Sc2ncccn2)nc1. The van der Waals surface area contributed by atoms with E-state index in [-0.39, 0.29) is 5.54 Å². The maximum absolute atomic E-state index is 5.25. The van der Waals surface area contributed by atoms with Crippen LogP contribution in [0.15, 0.2) is 47.0 Å². The molecule has 0 bridgehead atoms. The summed E-state index contributed by atoms with van der Waals surface area (Å²) in [6, 6.07) is 5.62. The van der Waals surface area contributed by atoms with Crippen LogP contribution >= 0.6 is 24.0 Å². The molecule has 0 spiro atoms. The highest BCUT2D eigenvalue weighted by molar-refractivity contribution is 7.99. The molecule has 0 saturated carbocycles. The van der Waals surface area contributed by atoms with Gasteiger partial charge in [-0.3, -0.25) is 0 Å². The highest BCUT2D eigenvalue weighted by Gasteiger charge is 2.11. The topological polar surface area (TPSA) is 62.7 Å². The molecule has 0 aliphatic heterocycles. The Morgan fingerprint density at radius 3 is 2.43 bits per heavy atom. The van der Waals surface area contributed by atoms with Crippen LogP contribution in [0.4, 0.5) is 5.69 Å². The van der Waals surface area contributed by atoms with E-state index in [1.165, 1.54) is 11.8 Å². The normalized spacial score (nSPS) is 11.0. The second-order valence-corrected chi connectivity index (χ2v) is 6.74. The fourth-order valence-corrected chi connectivity index (χ4v) is 2.53. The zero-order valence-corrected chi connectivity index (χ0v) is 13.8. The molecule has 0 unspecified atom stereocenters. The molecular weight excluding hydrogens is 302 g/mol. The van der Waals surface area contributed by atoms with Crippen molar-refractivity contribution in [1.29, 1.82) is 0 Å². The highest BCUT2D eigenvalue weighted by Crippen LogP contribution is 2.22. The lowest BCUT2D eigenvalue weighted by molar-refractivity contribution is 0.515. The fourth-order valence-electron chi connectivity index (χ4n) is 1.45. The molecule has 2 heterocycles. The molecule has 2 rings (SSSR count). The minimum absolute atomic E-state index is 0.0715. The Bertz CT molecular complexity index is 593. The molecule has 0 radical (unpaired) electrons. The third-order valence-corrected chi connectivity index (χ3v) is 3.27. The van der Waals surface area contributed by atoms with Gasteiger partial charge in [0.1, 0.15) is 5.03 Å². The summed E-state index contributed by atoms with van der Waals surface area (Å²) in [5, 5.41) is 8.39. The van der Waals surface area contributed by atoms with Gasteiger partial charge in [-0.25, -0.2) is 15.0 Å². The Morgan fingerprint density at radius 2 is 1.86 bits per heavy atom. The lowest BCUT2D eigenvalue weighted by Crippen LogP contribution is -2.42. The summed E-state index contributed by atoms with van der Waals surface area (Å²) in [5.41, 5.74) is 0.771. The number of rotatable bonds is 3. The number of nitrogens with zero attached hydrogens (tertiary/aromatic N) is 3. The first-order valence-electron chi connectivity index (χ1n) is 6.42. The van der Waals surface area contributed by atoms with Crippen molar-refractivity contribution in [1.82, 2.24) is 20.3 Å². The number of aromatic nitrogens is 3. The predicted octanol–water partition coefficient (Wildman–Crippen LogP) is 3.11. The zero-order valence-electron chi connectivity index (χ0n) is 12.1. The number of nitrogens with one attached hydrogen (secondary N) is 2. The zero-order chi connectivity index (χ0) is 15.3. The summed E-state index contributed by atoms with van der Waals surface area (Å²) in [7, 11) is 0. The Kier molecular flexibility index (Phi) is 5.08. The van der Waals surface area contributed by atoms with Crippen molar-refractivity contribution in [3.8, 4) is 0 Å². The molecule has 7 heteroatoms. The molecule has 0 aliphatic carbocycles. The monoisotopic (exact) mass is 319 g/mol. The van der Waals surface area contributed by atoms with Gasteiger partial charge in [-0.1, -0.05) is 0 Å². The van der Waals surface area contributed by atoms with Crippen molar-refractivity contribution >= 4 is 34.8 Å². The van der Waals surface area contributed by atoms with Gasteiger partial charge in [0.05, 0.1) is 11.9 Å². The number of anilines is 1. The summed E-state index contributed by atoms with van der Waals surface area (Å²) in [6.07, 6.45) is 5.16. The maximum atomic E-state index is 5.25. The molecule has 0 atom stereocenters. The van der Waals surface area contributed by atoms with Crippen LogP contribution in [0.25, 0.3) is 0 Å². The lowest BCUT2D eigenvalue weighted by Gasteiger charge is -2.22. The van der Waals surface area contributed by atoms with Crippen LogP contribution in [0.3, 0.4) is 0 Å². The quantitative estimate of drug-likeness (QED) is 0.665. The van der Waals surface area contributed by atoms with Crippen LogP contribution < -0.4 is 10.6 Å². The van der Waals surface area contributed by atoms with Gasteiger partial charge in [0, 0.05) is 17.9 Å². The van der Waals surface area contributed by atoms with Gasteiger partial charge in [-0.2, -0.15) is 0 Å². The van der Waals surface area contributed by atoms with Gasteiger partial charge in [0.2, 0.25) is 0 Å². The van der Waals surface area contributed by atoms with Crippen LogP contribution in [0.5, 0.6) is 0 Å². The predicted molar refractivity (Wildman–Crippen MR) is 89.5 cm³/mol. The first kappa shape index (κ1) is 15.7. The van der Waals surface area contributed by atoms with Crippen molar-refractivity contribution < 1.29 is 0 Å². The Balaban J connectivity index is 1.95. The van der Waals surface area contributed by atoms with E-state index < -0.39 is 0 Å². The van der Waals surface area contributed by atoms with Crippen molar-refractivity contribution in [2.24, 2.45) is 0 Å². The molecule has 0 aliphatic rings. The van der Waals surface area contributed by atoms with Gasteiger partial charge in [-0.15, -0.1) is 0 Å².